The number of nitrogens with zero attached hydrogens (tertiary/aromatic N) is 2. The van der Waals surface area contributed by atoms with Gasteiger partial charge in [-0.15, -0.1) is 0 Å². The second kappa shape index (κ2) is 9.22. The Labute approximate surface area is 185 Å². The van der Waals surface area contributed by atoms with Crippen LogP contribution in [0.5, 0.6) is 17.2 Å². The normalized spacial score (nSPS) is 14.0. The number of benzene rings is 3. The third-order valence-corrected chi connectivity index (χ3v) is 4.95. The highest BCUT2D eigenvalue weighted by atomic mass is 16.5. The van der Waals surface area contributed by atoms with Crippen LogP contribution in [0, 0.1) is 0 Å². The van der Waals surface area contributed by atoms with E-state index in [0.717, 1.165) is 16.9 Å². The van der Waals surface area contributed by atoms with Gasteiger partial charge in [-0.3, -0.25) is 10.2 Å². The van der Waals surface area contributed by atoms with Gasteiger partial charge in [-0.25, -0.2) is 5.43 Å². The number of ether oxygens (including phenoxy) is 3. The molecular weight excluding hydrogens is 408 g/mol. The summed E-state index contributed by atoms with van der Waals surface area (Å²) in [6.07, 6.45) is 0. The molecule has 0 bridgehead atoms. The largest absolute Gasteiger partial charge is 0.496 e. The third kappa shape index (κ3) is 4.11. The summed E-state index contributed by atoms with van der Waals surface area (Å²) in [5.41, 5.74) is 9.27. The van der Waals surface area contributed by atoms with Gasteiger partial charge in [0.1, 0.15) is 11.5 Å². The highest BCUT2D eigenvalue weighted by Gasteiger charge is 2.27. The van der Waals surface area contributed by atoms with Crippen LogP contribution in [0.2, 0.25) is 0 Å². The average Bonchev–Trinajstić information content (AvgIpc) is 3.22. The lowest BCUT2D eigenvalue weighted by Crippen LogP contribution is -2.25. The molecule has 1 aliphatic heterocycles. The number of carbonyl (C=O) groups excluding carboxylic acids is 1. The number of methoxy groups -OCH3 is 3. The summed E-state index contributed by atoms with van der Waals surface area (Å²) in [5.74, 6) is 1.44. The number of hydrogen-bond acceptors (Lipinski definition) is 7. The summed E-state index contributed by atoms with van der Waals surface area (Å²) >= 11 is 0. The van der Waals surface area contributed by atoms with Crippen molar-refractivity contribution in [3.63, 3.8) is 0 Å². The molecule has 8 heteroatoms. The molecule has 162 valence electrons. The predicted octanol–water partition coefficient (Wildman–Crippen LogP) is 3.68. The van der Waals surface area contributed by atoms with E-state index in [2.05, 4.69) is 21.1 Å². The van der Waals surface area contributed by atoms with Crippen molar-refractivity contribution in [1.82, 2.24) is 5.43 Å². The van der Waals surface area contributed by atoms with E-state index in [1.165, 1.54) is 0 Å². The number of carbonyl (C=O) groups is 1. The topological polar surface area (TPSA) is 93.5 Å². The van der Waals surface area contributed by atoms with E-state index in [4.69, 9.17) is 14.2 Å². The SMILES string of the molecule is COc1ccc(C2=NNC(=O)/C2=N/Nc2ccc(OC)c(-c3ccccc3)c2)cc1OC. The maximum absolute atomic E-state index is 12.4. The van der Waals surface area contributed by atoms with Gasteiger partial charge in [0.05, 0.1) is 27.0 Å². The van der Waals surface area contributed by atoms with Crippen molar-refractivity contribution in [2.45, 2.75) is 0 Å². The molecule has 1 heterocycles. The van der Waals surface area contributed by atoms with Gasteiger partial charge in [0.15, 0.2) is 17.2 Å². The highest BCUT2D eigenvalue weighted by molar-refractivity contribution is 6.72. The van der Waals surface area contributed by atoms with Gasteiger partial charge >= 0.3 is 0 Å². The zero-order chi connectivity index (χ0) is 22.5. The minimum Gasteiger partial charge on any atom is -0.496 e. The lowest BCUT2D eigenvalue weighted by Gasteiger charge is -2.11. The zero-order valence-electron chi connectivity index (χ0n) is 17.9. The molecule has 32 heavy (non-hydrogen) atoms. The number of hydrazone groups is 2. The van der Waals surface area contributed by atoms with E-state index in [1.807, 2.05) is 48.5 Å². The molecule has 3 aromatic carbocycles. The second-order valence-electron chi connectivity index (χ2n) is 6.82. The monoisotopic (exact) mass is 430 g/mol. The molecule has 4 rings (SSSR count). The molecule has 2 N–H and O–H groups in total. The van der Waals surface area contributed by atoms with E-state index in [-0.39, 0.29) is 5.71 Å². The summed E-state index contributed by atoms with van der Waals surface area (Å²) in [5, 5.41) is 8.47. The molecule has 0 aliphatic carbocycles. The molecular formula is C24H22N4O4. The lowest BCUT2D eigenvalue weighted by molar-refractivity contribution is -0.114. The van der Waals surface area contributed by atoms with E-state index in [0.29, 0.717) is 28.5 Å². The summed E-state index contributed by atoms with van der Waals surface area (Å²) < 4.78 is 16.1. The molecule has 0 spiro atoms. The van der Waals surface area contributed by atoms with Crippen molar-refractivity contribution in [3.05, 3.63) is 72.3 Å². The van der Waals surface area contributed by atoms with Gasteiger partial charge in [-0.1, -0.05) is 30.3 Å². The molecule has 0 saturated heterocycles. The van der Waals surface area contributed by atoms with Crippen molar-refractivity contribution >= 4 is 23.0 Å². The van der Waals surface area contributed by atoms with E-state index >= 15 is 0 Å². The summed E-state index contributed by atoms with van der Waals surface area (Å²) in [4.78, 5) is 12.4. The number of hydrogen-bond donors (Lipinski definition) is 2. The molecule has 0 unspecified atom stereocenters. The van der Waals surface area contributed by atoms with Gasteiger partial charge in [-0.2, -0.15) is 10.2 Å². The Morgan fingerprint density at radius 2 is 1.53 bits per heavy atom. The van der Waals surface area contributed by atoms with Crippen LogP contribution < -0.4 is 25.1 Å². The molecule has 1 amide bonds. The quantitative estimate of drug-likeness (QED) is 0.558. The fraction of sp³-hybridized carbons (Fsp3) is 0.125. The summed E-state index contributed by atoms with van der Waals surface area (Å²) in [6, 6.07) is 20.8. The lowest BCUT2D eigenvalue weighted by atomic mass is 10.0. The first-order valence-corrected chi connectivity index (χ1v) is 9.82. The minimum atomic E-state index is -0.404. The second-order valence-corrected chi connectivity index (χ2v) is 6.82. The highest BCUT2D eigenvalue weighted by Crippen LogP contribution is 2.32. The fourth-order valence-corrected chi connectivity index (χ4v) is 3.35. The Kier molecular flexibility index (Phi) is 6.03. The molecule has 0 radical (unpaired) electrons. The smallest absolute Gasteiger partial charge is 0.294 e. The Morgan fingerprint density at radius 3 is 2.25 bits per heavy atom. The third-order valence-electron chi connectivity index (χ3n) is 4.95. The Balaban J connectivity index is 1.64. The van der Waals surface area contributed by atoms with Crippen LogP contribution in [0.3, 0.4) is 0 Å². The van der Waals surface area contributed by atoms with Crippen molar-refractivity contribution in [2.75, 3.05) is 26.8 Å². The molecule has 3 aromatic rings. The van der Waals surface area contributed by atoms with Gasteiger partial charge < -0.3 is 14.2 Å². The van der Waals surface area contributed by atoms with Crippen molar-refractivity contribution in [3.8, 4) is 28.4 Å². The summed E-state index contributed by atoms with van der Waals surface area (Å²) in [6.45, 7) is 0. The van der Waals surface area contributed by atoms with Gasteiger partial charge in [-0.05, 0) is 42.0 Å². The average molecular weight is 430 g/mol. The van der Waals surface area contributed by atoms with Crippen LogP contribution in [0.1, 0.15) is 5.56 Å². The predicted molar refractivity (Wildman–Crippen MR) is 124 cm³/mol. The van der Waals surface area contributed by atoms with Crippen LogP contribution in [-0.4, -0.2) is 38.7 Å². The molecule has 0 aromatic heterocycles. The first-order chi connectivity index (χ1) is 15.6. The van der Waals surface area contributed by atoms with Crippen molar-refractivity contribution < 1.29 is 19.0 Å². The fourth-order valence-electron chi connectivity index (χ4n) is 3.35. The van der Waals surface area contributed by atoms with Gasteiger partial charge in [0.2, 0.25) is 0 Å². The van der Waals surface area contributed by atoms with Crippen molar-refractivity contribution in [1.29, 1.82) is 0 Å². The molecule has 8 nitrogen and oxygen atoms in total. The van der Waals surface area contributed by atoms with E-state index in [1.54, 1.807) is 39.5 Å². The molecule has 0 atom stereocenters. The number of rotatable bonds is 7. The zero-order valence-corrected chi connectivity index (χ0v) is 17.9. The standard InChI is InChI=1S/C24H22N4O4/c1-30-19-12-10-17(14-18(19)15-7-5-4-6-8-15)25-27-23-22(26-28-24(23)29)16-9-11-20(31-2)21(13-16)32-3/h4-14,25H,1-3H3,(H,27,28,29). The van der Waals surface area contributed by atoms with Gasteiger partial charge in [0.25, 0.3) is 5.91 Å². The summed E-state index contributed by atoms with van der Waals surface area (Å²) in [7, 11) is 4.74. The van der Waals surface area contributed by atoms with Crippen LogP contribution in [0.25, 0.3) is 11.1 Å². The molecule has 0 saturated carbocycles. The minimum absolute atomic E-state index is 0.161. The van der Waals surface area contributed by atoms with Crippen LogP contribution in [-0.2, 0) is 4.79 Å². The first-order valence-electron chi connectivity index (χ1n) is 9.82. The Bertz CT molecular complexity index is 1210. The first kappa shape index (κ1) is 20.9. The maximum atomic E-state index is 12.4. The molecule has 1 aliphatic rings. The van der Waals surface area contributed by atoms with Crippen molar-refractivity contribution in [2.24, 2.45) is 10.2 Å². The van der Waals surface area contributed by atoms with Crippen LogP contribution >= 0.6 is 0 Å². The van der Waals surface area contributed by atoms with Crippen LogP contribution in [0.4, 0.5) is 5.69 Å². The van der Waals surface area contributed by atoms with E-state index < -0.39 is 5.91 Å². The van der Waals surface area contributed by atoms with E-state index in [9.17, 15) is 4.79 Å². The Hall–Kier alpha value is -4.33. The number of amides is 1. The maximum Gasteiger partial charge on any atom is 0.294 e. The van der Waals surface area contributed by atoms with Crippen LogP contribution in [0.15, 0.2) is 76.9 Å². The Morgan fingerprint density at radius 1 is 0.812 bits per heavy atom. The number of anilines is 1. The molecule has 0 fully saturated rings. The number of nitrogens with one attached hydrogen (secondary N) is 2. The van der Waals surface area contributed by atoms with Gasteiger partial charge in [0, 0.05) is 11.1 Å².